The van der Waals surface area contributed by atoms with E-state index in [-0.39, 0.29) is 69.4 Å². The molecule has 0 atom stereocenters. The summed E-state index contributed by atoms with van der Waals surface area (Å²) in [6, 6.07) is 22.2. The predicted octanol–water partition coefficient (Wildman–Crippen LogP) is 11.5. The van der Waals surface area contributed by atoms with Crippen LogP contribution < -0.4 is 0 Å². The van der Waals surface area contributed by atoms with Gasteiger partial charge in [-0.05, 0) is 11.8 Å². The minimum absolute atomic E-state index is 0. The molecule has 0 aliphatic heterocycles. The van der Waals surface area contributed by atoms with Crippen molar-refractivity contribution < 1.29 is 26.2 Å². The van der Waals surface area contributed by atoms with Crippen molar-refractivity contribution in [2.24, 2.45) is 0 Å². The maximum atomic E-state index is 2.28. The summed E-state index contributed by atoms with van der Waals surface area (Å²) in [5, 5.41) is 5.61. The van der Waals surface area contributed by atoms with Gasteiger partial charge in [0.2, 0.25) is 0 Å². The van der Waals surface area contributed by atoms with Crippen LogP contribution in [-0.4, -0.2) is 11.0 Å². The summed E-state index contributed by atoms with van der Waals surface area (Å²) in [7, 11) is 0. The summed E-state index contributed by atoms with van der Waals surface area (Å²) in [6.07, 6.45) is 5.54. The third-order valence-electron chi connectivity index (χ3n) is 6.06. The second-order valence-electron chi connectivity index (χ2n) is 9.78. The van der Waals surface area contributed by atoms with Gasteiger partial charge in [-0.15, -0.1) is 93.9 Å². The van der Waals surface area contributed by atoms with Crippen molar-refractivity contribution in [3.63, 3.8) is 0 Å². The normalized spacial score (nSPS) is 9.46. The van der Waals surface area contributed by atoms with Crippen LogP contribution in [0.15, 0.2) is 60.7 Å². The molecule has 37 heavy (non-hydrogen) atoms. The Kier molecular flexibility index (Phi) is 26.0. The molecule has 4 aromatic rings. The van der Waals surface area contributed by atoms with Gasteiger partial charge < -0.3 is 7.43 Å². The summed E-state index contributed by atoms with van der Waals surface area (Å²) in [5.74, 6) is 1.23. The number of hydrogen-bond acceptors (Lipinski definition) is 0. The molecule has 0 spiro atoms. The summed E-state index contributed by atoms with van der Waals surface area (Å²) >= 11 is 0. The summed E-state index contributed by atoms with van der Waals surface area (Å²) < 4.78 is 0. The van der Waals surface area contributed by atoms with Crippen molar-refractivity contribution in [1.82, 2.24) is 0 Å². The van der Waals surface area contributed by atoms with Crippen LogP contribution in [0.25, 0.3) is 21.5 Å². The third kappa shape index (κ3) is 13.3. The SMILES string of the molecule is CCCCCC.Cc1cc2c(C(C)C)cccc2[cH-]1.Cc1cc2c(C(C)C)cccc2[cH-]1.Cl.Cl.[CH3-].[Si].[Zr+3]. The van der Waals surface area contributed by atoms with E-state index in [2.05, 4.69) is 116 Å². The van der Waals surface area contributed by atoms with Crippen molar-refractivity contribution in [3.8, 4) is 0 Å². The third-order valence-corrected chi connectivity index (χ3v) is 6.06. The quantitative estimate of drug-likeness (QED) is 0.116. The monoisotopic (exact) mass is 633 g/mol. The fraction of sp³-hybridized carbons (Fsp3) is 0.424. The van der Waals surface area contributed by atoms with Crippen LogP contribution in [0.5, 0.6) is 0 Å². The van der Waals surface area contributed by atoms with Gasteiger partial charge in [0, 0.05) is 11.0 Å². The van der Waals surface area contributed by atoms with E-state index in [9.17, 15) is 0 Å². The Labute approximate surface area is 265 Å². The minimum atomic E-state index is 0. The van der Waals surface area contributed by atoms with Crippen LogP contribution >= 0.6 is 24.8 Å². The predicted molar refractivity (Wildman–Crippen MR) is 173 cm³/mol. The van der Waals surface area contributed by atoms with E-state index in [0.29, 0.717) is 11.8 Å². The van der Waals surface area contributed by atoms with Crippen LogP contribution in [0.2, 0.25) is 0 Å². The first-order valence-electron chi connectivity index (χ1n) is 12.6. The first-order valence-corrected chi connectivity index (χ1v) is 12.6. The molecule has 0 fully saturated rings. The Morgan fingerprint density at radius 2 is 0.973 bits per heavy atom. The van der Waals surface area contributed by atoms with Crippen molar-refractivity contribution in [3.05, 3.63) is 90.3 Å². The van der Waals surface area contributed by atoms with E-state index >= 15 is 0 Å². The largest absolute Gasteiger partial charge is 3.00 e. The number of halogens is 2. The molecule has 0 unspecified atom stereocenters. The van der Waals surface area contributed by atoms with Crippen molar-refractivity contribution in [2.45, 2.75) is 92.9 Å². The molecular formula is C33H49Cl2SiZr. The number of aryl methyl sites for hydroxylation is 2. The molecule has 0 aliphatic rings. The van der Waals surface area contributed by atoms with Crippen LogP contribution in [0.3, 0.4) is 0 Å². The number of rotatable bonds is 5. The Hall–Kier alpha value is -0.660. The molecule has 0 nitrogen and oxygen atoms in total. The Morgan fingerprint density at radius 1 is 0.649 bits per heavy atom. The molecular weight excluding hydrogens is 587 g/mol. The van der Waals surface area contributed by atoms with E-state index in [4.69, 9.17) is 0 Å². The minimum Gasteiger partial charge on any atom is -0.358 e. The smallest absolute Gasteiger partial charge is 0.358 e. The van der Waals surface area contributed by atoms with Crippen LogP contribution in [0.4, 0.5) is 0 Å². The van der Waals surface area contributed by atoms with Crippen molar-refractivity contribution >= 4 is 57.3 Å². The number of fused-ring (bicyclic) bond motifs is 2. The van der Waals surface area contributed by atoms with E-state index in [1.807, 2.05) is 0 Å². The van der Waals surface area contributed by atoms with Gasteiger partial charge in [0.25, 0.3) is 0 Å². The molecule has 5 radical (unpaired) electrons. The van der Waals surface area contributed by atoms with Crippen LogP contribution in [-0.2, 0) is 26.2 Å². The summed E-state index contributed by atoms with van der Waals surface area (Å²) in [4.78, 5) is 0. The van der Waals surface area contributed by atoms with E-state index < -0.39 is 0 Å². The topological polar surface area (TPSA) is 0 Å². The van der Waals surface area contributed by atoms with Gasteiger partial charge in [0.05, 0.1) is 0 Å². The zero-order valence-corrected chi connectivity index (χ0v) is 29.7. The van der Waals surface area contributed by atoms with E-state index in [0.717, 1.165) is 0 Å². The molecule has 0 bridgehead atoms. The van der Waals surface area contributed by atoms with E-state index in [1.54, 1.807) is 0 Å². The average molecular weight is 636 g/mol. The second-order valence-corrected chi connectivity index (χ2v) is 9.78. The first-order chi connectivity index (χ1) is 15.3. The zero-order chi connectivity index (χ0) is 23.7. The molecule has 0 aromatic heterocycles. The molecule has 0 amide bonds. The standard InChI is InChI=1S/2C13H15.C6H14.CH3.2ClH.Si.Zr/c2*1-9(2)12-6-4-5-11-7-10(3)8-13(11)12;1-3-5-6-4-2;;;;;/h2*4-9H,1-3H3;3-6H2,1-2H3;1H3;2*1H;;/q2*-1;;-1;;;;+3. The van der Waals surface area contributed by atoms with Crippen LogP contribution in [0.1, 0.15) is 101 Å². The maximum Gasteiger partial charge on any atom is 3.00 e. The molecule has 4 heteroatoms. The Bertz CT molecular complexity index is 1000. The van der Waals surface area contributed by atoms with Crippen molar-refractivity contribution in [1.29, 1.82) is 0 Å². The molecule has 4 aromatic carbocycles. The summed E-state index contributed by atoms with van der Waals surface area (Å²) in [6.45, 7) is 17.8. The Morgan fingerprint density at radius 3 is 1.24 bits per heavy atom. The zero-order valence-electron chi connectivity index (χ0n) is 24.6. The molecule has 0 aliphatic carbocycles. The fourth-order valence-electron chi connectivity index (χ4n) is 4.32. The van der Waals surface area contributed by atoms with Gasteiger partial charge in [-0.1, -0.05) is 104 Å². The number of unbranched alkanes of at least 4 members (excludes halogenated alkanes) is 3. The van der Waals surface area contributed by atoms with E-state index in [1.165, 1.54) is 69.5 Å². The maximum absolute atomic E-state index is 2.28. The van der Waals surface area contributed by atoms with Crippen molar-refractivity contribution in [2.75, 3.05) is 0 Å². The molecule has 0 N–H and O–H groups in total. The van der Waals surface area contributed by atoms with Gasteiger partial charge in [-0.25, -0.2) is 0 Å². The first kappa shape index (κ1) is 43.4. The Balaban J connectivity index is -0.000000219. The van der Waals surface area contributed by atoms with Gasteiger partial charge >= 0.3 is 26.2 Å². The van der Waals surface area contributed by atoms with Gasteiger partial charge in [-0.3, -0.25) is 0 Å². The molecule has 0 heterocycles. The molecule has 0 saturated heterocycles. The fourth-order valence-corrected chi connectivity index (χ4v) is 4.32. The summed E-state index contributed by atoms with van der Waals surface area (Å²) in [5.41, 5.74) is 5.66. The number of benzene rings is 2. The van der Waals surface area contributed by atoms with Gasteiger partial charge in [-0.2, -0.15) is 12.1 Å². The second kappa shape index (κ2) is 22.2. The van der Waals surface area contributed by atoms with Gasteiger partial charge in [0.15, 0.2) is 0 Å². The van der Waals surface area contributed by atoms with Crippen LogP contribution in [0, 0.1) is 21.3 Å². The van der Waals surface area contributed by atoms with Gasteiger partial charge in [0.1, 0.15) is 0 Å². The number of hydrogen-bond donors (Lipinski definition) is 0. The molecule has 0 saturated carbocycles. The molecule has 203 valence electrons. The molecule has 4 rings (SSSR count). The average Bonchev–Trinajstić information content (AvgIpc) is 3.32.